The number of nitrogens with zero attached hydrogens (tertiary/aromatic N) is 1. The predicted molar refractivity (Wildman–Crippen MR) is 63.7 cm³/mol. The normalized spacial score (nSPS) is 13.8. The second-order valence-corrected chi connectivity index (χ2v) is 4.13. The van der Waals surface area contributed by atoms with E-state index >= 15 is 0 Å². The van der Waals surface area contributed by atoms with E-state index in [0.717, 1.165) is 4.90 Å². The van der Waals surface area contributed by atoms with Crippen LogP contribution in [-0.2, 0) is 4.79 Å². The summed E-state index contributed by atoms with van der Waals surface area (Å²) in [5, 5.41) is 0. The Morgan fingerprint density at radius 3 is 2.50 bits per heavy atom. The van der Waals surface area contributed by atoms with Gasteiger partial charge in [-0.05, 0) is 25.1 Å². The Labute approximate surface area is 104 Å². The van der Waals surface area contributed by atoms with Gasteiger partial charge in [0.15, 0.2) is 0 Å². The highest BCUT2D eigenvalue weighted by molar-refractivity contribution is 6.21. The van der Waals surface area contributed by atoms with E-state index in [4.69, 9.17) is 4.74 Å². The van der Waals surface area contributed by atoms with Crippen LogP contribution < -0.4 is 4.74 Å². The van der Waals surface area contributed by atoms with Crippen molar-refractivity contribution in [2.75, 3.05) is 13.7 Å². The van der Waals surface area contributed by atoms with Crippen LogP contribution in [0.4, 0.5) is 0 Å². The van der Waals surface area contributed by atoms with Gasteiger partial charge in [-0.15, -0.1) is 0 Å². The molecule has 18 heavy (non-hydrogen) atoms. The number of methoxy groups -OCH3 is 1. The quantitative estimate of drug-likeness (QED) is 0.752. The van der Waals surface area contributed by atoms with E-state index in [1.54, 1.807) is 18.2 Å². The van der Waals surface area contributed by atoms with Gasteiger partial charge in [-0.1, -0.05) is 0 Å². The van der Waals surface area contributed by atoms with Crippen LogP contribution in [0.25, 0.3) is 0 Å². The maximum absolute atomic E-state index is 12.0. The molecule has 0 aromatic heterocycles. The average molecular weight is 247 g/mol. The zero-order valence-corrected chi connectivity index (χ0v) is 10.2. The first-order chi connectivity index (χ1) is 8.54. The highest BCUT2D eigenvalue weighted by Crippen LogP contribution is 2.26. The topological polar surface area (TPSA) is 63.7 Å². The van der Waals surface area contributed by atoms with Crippen molar-refractivity contribution in [1.29, 1.82) is 0 Å². The fraction of sp³-hybridized carbons (Fsp3) is 0.308. The first kappa shape index (κ1) is 12.3. The fourth-order valence-electron chi connectivity index (χ4n) is 1.87. The molecule has 1 aromatic rings. The predicted octanol–water partition coefficient (Wildman–Crippen LogP) is 1.27. The Hall–Kier alpha value is -2.17. The lowest BCUT2D eigenvalue weighted by Gasteiger charge is -2.11. The number of Topliss-reactive ketones (excluding diaryl/α,β-unsaturated/α-hetero) is 1. The SMILES string of the molecule is COc1ccc2c(c1)C(=O)N(CCC(C)=O)C2=O. The van der Waals surface area contributed by atoms with Gasteiger partial charge in [-0.2, -0.15) is 0 Å². The Kier molecular flexibility index (Phi) is 3.14. The van der Waals surface area contributed by atoms with Crippen LogP contribution in [0.3, 0.4) is 0 Å². The number of carbonyl (C=O) groups excluding carboxylic acids is 3. The third-order valence-corrected chi connectivity index (χ3v) is 2.87. The zero-order valence-electron chi connectivity index (χ0n) is 10.2. The van der Waals surface area contributed by atoms with Crippen molar-refractivity contribution < 1.29 is 19.1 Å². The number of ether oxygens (including phenoxy) is 1. The summed E-state index contributed by atoms with van der Waals surface area (Å²) < 4.78 is 5.02. The first-order valence-electron chi connectivity index (χ1n) is 5.58. The van der Waals surface area contributed by atoms with Gasteiger partial charge < -0.3 is 4.74 Å². The summed E-state index contributed by atoms with van der Waals surface area (Å²) in [7, 11) is 1.50. The van der Waals surface area contributed by atoms with Gasteiger partial charge in [0.25, 0.3) is 11.8 Å². The van der Waals surface area contributed by atoms with Crippen LogP contribution in [0.2, 0.25) is 0 Å². The smallest absolute Gasteiger partial charge is 0.261 e. The molecule has 2 rings (SSSR count). The largest absolute Gasteiger partial charge is 0.497 e. The lowest BCUT2D eigenvalue weighted by atomic mass is 10.1. The van der Waals surface area contributed by atoms with Gasteiger partial charge in [-0.25, -0.2) is 0 Å². The lowest BCUT2D eigenvalue weighted by Crippen LogP contribution is -2.31. The van der Waals surface area contributed by atoms with Crippen molar-refractivity contribution in [2.24, 2.45) is 0 Å². The molecule has 1 aromatic carbocycles. The molecule has 94 valence electrons. The minimum absolute atomic E-state index is 0.0517. The third kappa shape index (κ3) is 1.99. The summed E-state index contributed by atoms with van der Waals surface area (Å²) in [6.45, 7) is 1.56. The molecule has 0 aliphatic carbocycles. The molecule has 0 unspecified atom stereocenters. The number of benzene rings is 1. The Bertz CT molecular complexity index is 536. The van der Waals surface area contributed by atoms with Crippen molar-refractivity contribution in [1.82, 2.24) is 4.90 Å². The molecule has 1 aliphatic heterocycles. The number of imide groups is 1. The molecule has 0 spiro atoms. The number of rotatable bonds is 4. The highest BCUT2D eigenvalue weighted by atomic mass is 16.5. The minimum atomic E-state index is -0.366. The Morgan fingerprint density at radius 1 is 1.22 bits per heavy atom. The lowest BCUT2D eigenvalue weighted by molar-refractivity contribution is -0.117. The Balaban J connectivity index is 2.29. The third-order valence-electron chi connectivity index (χ3n) is 2.87. The summed E-state index contributed by atoms with van der Waals surface area (Å²) in [6, 6.07) is 4.75. The molecule has 1 heterocycles. The molecule has 0 N–H and O–H groups in total. The maximum atomic E-state index is 12.0. The van der Waals surface area contributed by atoms with Crippen molar-refractivity contribution in [3.05, 3.63) is 29.3 Å². The molecular formula is C13H13NO4. The monoisotopic (exact) mass is 247 g/mol. The van der Waals surface area contributed by atoms with E-state index in [2.05, 4.69) is 0 Å². The molecule has 1 aliphatic rings. The van der Waals surface area contributed by atoms with Crippen molar-refractivity contribution in [3.8, 4) is 5.75 Å². The molecule has 0 radical (unpaired) electrons. The second kappa shape index (κ2) is 4.60. The van der Waals surface area contributed by atoms with Crippen LogP contribution in [0.15, 0.2) is 18.2 Å². The summed E-state index contributed by atoms with van der Waals surface area (Å²) in [4.78, 5) is 36.0. The van der Waals surface area contributed by atoms with Crippen LogP contribution in [0.5, 0.6) is 5.75 Å². The molecule has 0 fully saturated rings. The molecule has 0 saturated carbocycles. The van der Waals surface area contributed by atoms with Gasteiger partial charge in [0, 0.05) is 13.0 Å². The van der Waals surface area contributed by atoms with E-state index in [0.29, 0.717) is 16.9 Å². The highest BCUT2D eigenvalue weighted by Gasteiger charge is 2.35. The summed E-state index contributed by atoms with van der Waals surface area (Å²) in [5.41, 5.74) is 0.701. The summed E-state index contributed by atoms with van der Waals surface area (Å²) in [6.07, 6.45) is 0.183. The molecule has 5 heteroatoms. The number of hydrogen-bond acceptors (Lipinski definition) is 4. The van der Waals surface area contributed by atoms with Crippen molar-refractivity contribution in [2.45, 2.75) is 13.3 Å². The van der Waals surface area contributed by atoms with Crippen LogP contribution in [0, 0.1) is 0 Å². The van der Waals surface area contributed by atoms with E-state index in [1.165, 1.54) is 14.0 Å². The second-order valence-electron chi connectivity index (χ2n) is 4.13. The number of amides is 2. The average Bonchev–Trinajstić information content (AvgIpc) is 2.59. The standard InChI is InChI=1S/C13H13NO4/c1-8(15)5-6-14-12(16)10-4-3-9(18-2)7-11(10)13(14)17/h3-4,7H,5-6H2,1-2H3. The van der Waals surface area contributed by atoms with E-state index < -0.39 is 0 Å². The number of ketones is 1. The van der Waals surface area contributed by atoms with Crippen molar-refractivity contribution >= 4 is 17.6 Å². The number of fused-ring (bicyclic) bond motifs is 1. The van der Waals surface area contributed by atoms with Gasteiger partial charge >= 0.3 is 0 Å². The fourth-order valence-corrected chi connectivity index (χ4v) is 1.87. The van der Waals surface area contributed by atoms with E-state index in [1.807, 2.05) is 0 Å². The minimum Gasteiger partial charge on any atom is -0.497 e. The molecular weight excluding hydrogens is 234 g/mol. The van der Waals surface area contributed by atoms with E-state index in [-0.39, 0.29) is 30.6 Å². The summed E-state index contributed by atoms with van der Waals surface area (Å²) in [5.74, 6) is -0.235. The molecule has 0 saturated heterocycles. The van der Waals surface area contributed by atoms with Crippen molar-refractivity contribution in [3.63, 3.8) is 0 Å². The number of hydrogen-bond donors (Lipinski definition) is 0. The van der Waals surface area contributed by atoms with Gasteiger partial charge in [0.1, 0.15) is 11.5 Å². The zero-order chi connectivity index (χ0) is 13.3. The van der Waals surface area contributed by atoms with Crippen LogP contribution >= 0.6 is 0 Å². The number of carbonyl (C=O) groups is 3. The maximum Gasteiger partial charge on any atom is 0.261 e. The van der Waals surface area contributed by atoms with Gasteiger partial charge in [0.05, 0.1) is 18.2 Å². The Morgan fingerprint density at radius 2 is 1.89 bits per heavy atom. The van der Waals surface area contributed by atoms with Gasteiger partial charge in [0.2, 0.25) is 0 Å². The summed E-state index contributed by atoms with van der Waals surface area (Å²) >= 11 is 0. The van der Waals surface area contributed by atoms with Gasteiger partial charge in [-0.3, -0.25) is 19.3 Å². The molecule has 0 bridgehead atoms. The van der Waals surface area contributed by atoms with Crippen LogP contribution in [-0.4, -0.2) is 36.2 Å². The molecule has 5 nitrogen and oxygen atoms in total. The molecule has 0 atom stereocenters. The van der Waals surface area contributed by atoms with Crippen LogP contribution in [0.1, 0.15) is 34.1 Å². The first-order valence-corrected chi connectivity index (χ1v) is 5.58. The van der Waals surface area contributed by atoms with E-state index in [9.17, 15) is 14.4 Å². The molecule has 2 amide bonds.